The first-order valence-electron chi connectivity index (χ1n) is 2.15. The van der Waals surface area contributed by atoms with Gasteiger partial charge in [0.05, 0.1) is 9.83 Å². The molecule has 6 heteroatoms. The van der Waals surface area contributed by atoms with Gasteiger partial charge in [0.25, 0.3) is 9.06 Å². The molecule has 0 saturated carbocycles. The predicted molar refractivity (Wildman–Crippen MR) is 43.7 cm³/mol. The second-order valence-electron chi connectivity index (χ2n) is 1.47. The Morgan fingerprint density at radius 1 is 1.33 bits per heavy atom. The highest BCUT2D eigenvalue weighted by atomic mass is 33.5. The molecule has 0 unspecified atom stereocenters. The van der Waals surface area contributed by atoms with Crippen molar-refractivity contribution in [3.63, 3.8) is 0 Å². The van der Waals surface area contributed by atoms with Gasteiger partial charge in [0.1, 0.15) is 0 Å². The number of hydrogen-bond donors (Lipinski definition) is 0. The SMILES string of the molecule is CSSS(=O)(=O)N(C)C. The van der Waals surface area contributed by atoms with Crippen LogP contribution in [0.3, 0.4) is 0 Å². The van der Waals surface area contributed by atoms with Crippen molar-refractivity contribution < 1.29 is 8.42 Å². The molecular formula is C3H9NO2S3. The molecule has 0 rings (SSSR count). The van der Waals surface area contributed by atoms with Crippen LogP contribution in [0.5, 0.6) is 0 Å². The van der Waals surface area contributed by atoms with E-state index in [4.69, 9.17) is 0 Å². The van der Waals surface area contributed by atoms with E-state index in [9.17, 15) is 8.42 Å². The summed E-state index contributed by atoms with van der Waals surface area (Å²) in [6, 6.07) is 0. The average Bonchev–Trinajstić information content (AvgIpc) is 1.65. The first-order chi connectivity index (χ1) is 4.00. The summed E-state index contributed by atoms with van der Waals surface area (Å²) in [5, 5.41) is 0. The van der Waals surface area contributed by atoms with E-state index in [0.29, 0.717) is 0 Å². The fourth-order valence-electron chi connectivity index (χ4n) is 0.147. The fraction of sp³-hybridized carbons (Fsp3) is 1.00. The lowest BCUT2D eigenvalue weighted by Gasteiger charge is -2.06. The number of nitrogens with zero attached hydrogens (tertiary/aromatic N) is 1. The van der Waals surface area contributed by atoms with Crippen LogP contribution in [-0.2, 0) is 9.06 Å². The van der Waals surface area contributed by atoms with E-state index in [1.807, 2.05) is 0 Å². The predicted octanol–water partition coefficient (Wildman–Crippen LogP) is 0.804. The zero-order valence-electron chi connectivity index (χ0n) is 5.49. The van der Waals surface area contributed by atoms with Crippen LogP contribution in [0.15, 0.2) is 0 Å². The van der Waals surface area contributed by atoms with Gasteiger partial charge in [-0.15, -0.1) is 0 Å². The van der Waals surface area contributed by atoms with Crippen molar-refractivity contribution in [2.75, 3.05) is 20.4 Å². The highest BCUT2D eigenvalue weighted by molar-refractivity contribution is 9.06. The molecule has 0 fully saturated rings. The van der Waals surface area contributed by atoms with E-state index < -0.39 is 9.06 Å². The molecule has 0 aromatic carbocycles. The van der Waals surface area contributed by atoms with Crippen LogP contribution in [0.1, 0.15) is 0 Å². The molecule has 0 aromatic heterocycles. The van der Waals surface area contributed by atoms with E-state index in [1.54, 1.807) is 6.26 Å². The minimum atomic E-state index is -3.04. The molecule has 3 nitrogen and oxygen atoms in total. The van der Waals surface area contributed by atoms with Gasteiger partial charge in [-0.1, -0.05) is 10.8 Å². The van der Waals surface area contributed by atoms with Crippen molar-refractivity contribution >= 4 is 29.7 Å². The summed E-state index contributed by atoms with van der Waals surface area (Å²) >= 11 is 0. The second-order valence-corrected chi connectivity index (χ2v) is 7.43. The molecule has 0 bridgehead atoms. The molecule has 0 atom stereocenters. The largest absolute Gasteiger partial charge is 0.276 e. The van der Waals surface area contributed by atoms with E-state index in [2.05, 4.69) is 0 Å². The fourth-order valence-corrected chi connectivity index (χ4v) is 3.96. The Hall–Kier alpha value is 0.610. The van der Waals surface area contributed by atoms with Crippen molar-refractivity contribution in [1.29, 1.82) is 0 Å². The Morgan fingerprint density at radius 3 is 1.89 bits per heavy atom. The van der Waals surface area contributed by atoms with Gasteiger partial charge < -0.3 is 0 Å². The van der Waals surface area contributed by atoms with Crippen LogP contribution in [0, 0.1) is 0 Å². The topological polar surface area (TPSA) is 37.4 Å². The van der Waals surface area contributed by atoms with Gasteiger partial charge in [-0.3, -0.25) is 0 Å². The smallest absolute Gasteiger partial charge is 0.200 e. The standard InChI is InChI=1S/C3H9NO2S3/c1-4(2)9(5,6)8-7-3/h1-3H3. The number of hydrogen-bond acceptors (Lipinski definition) is 4. The third kappa shape index (κ3) is 3.34. The van der Waals surface area contributed by atoms with Crippen LogP contribution in [-0.4, -0.2) is 33.1 Å². The minimum Gasteiger partial charge on any atom is -0.200 e. The molecule has 0 aromatic rings. The van der Waals surface area contributed by atoms with Crippen molar-refractivity contribution in [2.24, 2.45) is 0 Å². The van der Waals surface area contributed by atoms with Gasteiger partial charge in [-0.2, -0.15) is 12.7 Å². The van der Waals surface area contributed by atoms with Crippen molar-refractivity contribution in [2.45, 2.75) is 0 Å². The molecule has 0 N–H and O–H groups in total. The number of rotatable bonds is 3. The Kier molecular flexibility index (Phi) is 3.95. The molecule has 0 aliphatic carbocycles. The molecule has 9 heavy (non-hydrogen) atoms. The zero-order chi connectivity index (χ0) is 7.49. The molecule has 0 spiro atoms. The average molecular weight is 187 g/mol. The van der Waals surface area contributed by atoms with Crippen LogP contribution in [0.2, 0.25) is 0 Å². The molecule has 0 amide bonds. The first-order valence-corrected chi connectivity index (χ1v) is 6.67. The first kappa shape index (κ1) is 9.61. The van der Waals surface area contributed by atoms with Gasteiger partial charge in [0, 0.05) is 14.1 Å². The van der Waals surface area contributed by atoms with Crippen LogP contribution in [0.25, 0.3) is 0 Å². The maximum absolute atomic E-state index is 10.8. The lowest BCUT2D eigenvalue weighted by atomic mass is 11.3. The molecular weight excluding hydrogens is 178 g/mol. The maximum atomic E-state index is 10.8. The van der Waals surface area contributed by atoms with Gasteiger partial charge in [-0.05, 0) is 6.26 Å². The second kappa shape index (κ2) is 3.70. The molecule has 0 aliphatic heterocycles. The summed E-state index contributed by atoms with van der Waals surface area (Å²) < 4.78 is 22.8. The Morgan fingerprint density at radius 2 is 1.78 bits per heavy atom. The van der Waals surface area contributed by atoms with Crippen molar-refractivity contribution in [1.82, 2.24) is 4.31 Å². The third-order valence-electron chi connectivity index (χ3n) is 0.601. The van der Waals surface area contributed by atoms with Crippen LogP contribution >= 0.6 is 20.6 Å². The lowest BCUT2D eigenvalue weighted by molar-refractivity contribution is 0.539. The van der Waals surface area contributed by atoms with Crippen molar-refractivity contribution in [3.05, 3.63) is 0 Å². The van der Waals surface area contributed by atoms with Crippen molar-refractivity contribution in [3.8, 4) is 0 Å². The lowest BCUT2D eigenvalue weighted by Crippen LogP contribution is -2.17. The summed E-state index contributed by atoms with van der Waals surface area (Å²) in [5.74, 6) is 0. The summed E-state index contributed by atoms with van der Waals surface area (Å²) in [5.41, 5.74) is 0. The highest BCUT2D eigenvalue weighted by Crippen LogP contribution is 2.26. The van der Waals surface area contributed by atoms with Gasteiger partial charge >= 0.3 is 0 Å². The van der Waals surface area contributed by atoms with E-state index >= 15 is 0 Å². The summed E-state index contributed by atoms with van der Waals surface area (Å²) in [6.07, 6.45) is 1.73. The van der Waals surface area contributed by atoms with Gasteiger partial charge in [0.15, 0.2) is 0 Å². The third-order valence-corrected chi connectivity index (χ3v) is 6.39. The van der Waals surface area contributed by atoms with Gasteiger partial charge in [-0.25, -0.2) is 0 Å². The Balaban J connectivity index is 4.05. The van der Waals surface area contributed by atoms with E-state index in [1.165, 1.54) is 29.2 Å². The Bertz CT molecular complexity index is 162. The van der Waals surface area contributed by atoms with E-state index in [-0.39, 0.29) is 0 Å². The summed E-state index contributed by atoms with van der Waals surface area (Å²) in [6.45, 7) is 0. The maximum Gasteiger partial charge on any atom is 0.276 e. The Labute approximate surface area is 63.0 Å². The van der Waals surface area contributed by atoms with Crippen LogP contribution < -0.4 is 0 Å². The molecule has 0 radical (unpaired) electrons. The summed E-state index contributed by atoms with van der Waals surface area (Å²) in [4.78, 5) is 0. The highest BCUT2D eigenvalue weighted by Gasteiger charge is 2.12. The molecule has 0 aliphatic rings. The minimum absolute atomic E-state index is 0.856. The molecule has 0 saturated heterocycles. The molecule has 56 valence electrons. The van der Waals surface area contributed by atoms with E-state index in [0.717, 1.165) is 9.83 Å². The zero-order valence-corrected chi connectivity index (χ0v) is 7.94. The monoisotopic (exact) mass is 187 g/mol. The normalized spacial score (nSPS) is 12.4. The summed E-state index contributed by atoms with van der Waals surface area (Å²) in [7, 11) is 2.07. The molecule has 0 heterocycles. The van der Waals surface area contributed by atoms with Gasteiger partial charge in [0.2, 0.25) is 0 Å². The van der Waals surface area contributed by atoms with Crippen LogP contribution in [0.4, 0.5) is 0 Å². The quantitative estimate of drug-likeness (QED) is 0.613.